The summed E-state index contributed by atoms with van der Waals surface area (Å²) in [6.07, 6.45) is 9.16. The second-order valence-electron chi connectivity index (χ2n) is 13.4. The number of benzene rings is 1. The van der Waals surface area contributed by atoms with Crippen molar-refractivity contribution in [2.24, 2.45) is 5.41 Å². The Morgan fingerprint density at radius 1 is 1.07 bits per heavy atom. The van der Waals surface area contributed by atoms with Crippen LogP contribution in [0.4, 0.5) is 29.0 Å². The van der Waals surface area contributed by atoms with E-state index in [9.17, 15) is 9.90 Å². The van der Waals surface area contributed by atoms with E-state index in [4.69, 9.17) is 9.72 Å². The lowest BCUT2D eigenvalue weighted by Crippen LogP contribution is -2.54. The molecule has 244 valence electrons. The standard InChI is InChI=1S/C35H46N8O3/c1-5-17-42(25-44)43(31-8-6-7-30(38-31)34(3,4)45)32-26(2)22-36-33(39-32)37-27-9-11-28(12-10-27)40-18-13-35(14-19-40)15-20-41(21-16-35)29-23-46-24-29/h5-12,22,25,29,45H,1,13-21,23-24H2,2-4H3,(H,36,37,39). The zero-order valence-electron chi connectivity index (χ0n) is 27.2. The summed E-state index contributed by atoms with van der Waals surface area (Å²) in [5.74, 6) is 1.31. The lowest BCUT2D eigenvalue weighted by Gasteiger charge is -2.50. The van der Waals surface area contributed by atoms with Gasteiger partial charge in [0.1, 0.15) is 5.60 Å². The van der Waals surface area contributed by atoms with Gasteiger partial charge in [0.05, 0.1) is 31.5 Å². The minimum atomic E-state index is -1.16. The molecule has 3 aromatic rings. The van der Waals surface area contributed by atoms with Crippen molar-refractivity contribution in [2.45, 2.75) is 58.1 Å². The van der Waals surface area contributed by atoms with Gasteiger partial charge in [-0.2, -0.15) is 4.98 Å². The summed E-state index contributed by atoms with van der Waals surface area (Å²) in [4.78, 5) is 31.4. The number of hydrogen-bond donors (Lipinski definition) is 2. The third-order valence-electron chi connectivity index (χ3n) is 9.73. The van der Waals surface area contributed by atoms with Crippen LogP contribution in [0.2, 0.25) is 0 Å². The number of aryl methyl sites for hydroxylation is 1. The molecule has 0 unspecified atom stereocenters. The van der Waals surface area contributed by atoms with Gasteiger partial charge >= 0.3 is 0 Å². The molecule has 1 amide bonds. The summed E-state index contributed by atoms with van der Waals surface area (Å²) in [5.41, 5.74) is 2.64. The van der Waals surface area contributed by atoms with E-state index < -0.39 is 5.60 Å². The average molecular weight is 627 g/mol. The molecule has 11 heteroatoms. The number of nitrogens with one attached hydrogen (secondary N) is 1. The fourth-order valence-corrected chi connectivity index (χ4v) is 6.68. The molecule has 1 spiro atoms. The second kappa shape index (κ2) is 13.4. The number of rotatable bonds is 11. The van der Waals surface area contributed by atoms with Crippen LogP contribution in [0.25, 0.3) is 0 Å². The number of piperidine rings is 2. The first-order valence-corrected chi connectivity index (χ1v) is 16.3. The molecular weight excluding hydrogens is 580 g/mol. The Kier molecular flexibility index (Phi) is 9.26. The van der Waals surface area contributed by atoms with Gasteiger partial charge in [0.15, 0.2) is 11.6 Å². The van der Waals surface area contributed by atoms with Crippen molar-refractivity contribution in [1.82, 2.24) is 24.9 Å². The van der Waals surface area contributed by atoms with Gasteiger partial charge in [0.2, 0.25) is 12.4 Å². The van der Waals surface area contributed by atoms with E-state index in [0.717, 1.165) is 37.6 Å². The molecule has 5 heterocycles. The number of carbonyl (C=O) groups excluding carboxylic acids is 1. The third kappa shape index (κ3) is 6.86. The van der Waals surface area contributed by atoms with Crippen molar-refractivity contribution in [3.8, 4) is 0 Å². The van der Waals surface area contributed by atoms with Crippen LogP contribution in [0.5, 0.6) is 0 Å². The Morgan fingerprint density at radius 3 is 2.37 bits per heavy atom. The van der Waals surface area contributed by atoms with Crippen LogP contribution < -0.4 is 15.2 Å². The molecule has 0 saturated carbocycles. The summed E-state index contributed by atoms with van der Waals surface area (Å²) in [7, 11) is 0. The first kappa shape index (κ1) is 31.9. The van der Waals surface area contributed by atoms with Crippen molar-refractivity contribution in [3.05, 3.63) is 72.6 Å². The van der Waals surface area contributed by atoms with Gasteiger partial charge in [-0.15, -0.1) is 6.58 Å². The van der Waals surface area contributed by atoms with E-state index in [0.29, 0.717) is 41.1 Å². The molecule has 0 radical (unpaired) electrons. The molecule has 2 aromatic heterocycles. The fourth-order valence-electron chi connectivity index (χ4n) is 6.68. The largest absolute Gasteiger partial charge is 0.384 e. The molecule has 0 atom stereocenters. The number of hydrogen-bond acceptors (Lipinski definition) is 10. The number of carbonyl (C=O) groups is 1. The summed E-state index contributed by atoms with van der Waals surface area (Å²) in [6, 6.07) is 14.4. The van der Waals surface area contributed by atoms with Crippen LogP contribution in [0, 0.1) is 12.3 Å². The number of aliphatic hydroxyl groups is 1. The summed E-state index contributed by atoms with van der Waals surface area (Å²) in [6.45, 7) is 15.7. The summed E-state index contributed by atoms with van der Waals surface area (Å²) >= 11 is 0. The highest BCUT2D eigenvalue weighted by Crippen LogP contribution is 2.43. The van der Waals surface area contributed by atoms with Crippen LogP contribution in [0.1, 0.15) is 50.8 Å². The zero-order valence-corrected chi connectivity index (χ0v) is 27.2. The average Bonchev–Trinajstić information content (AvgIpc) is 3.03. The van der Waals surface area contributed by atoms with E-state index >= 15 is 0 Å². The minimum absolute atomic E-state index is 0.234. The number of ether oxygens (including phenoxy) is 1. The van der Waals surface area contributed by atoms with Crippen LogP contribution in [0.15, 0.2) is 61.3 Å². The number of anilines is 5. The van der Waals surface area contributed by atoms with Crippen molar-refractivity contribution < 1.29 is 14.6 Å². The van der Waals surface area contributed by atoms with Gasteiger partial charge in [-0.05, 0) is 101 Å². The van der Waals surface area contributed by atoms with E-state index in [-0.39, 0.29) is 6.54 Å². The van der Waals surface area contributed by atoms with Crippen LogP contribution in [0.3, 0.4) is 0 Å². The maximum absolute atomic E-state index is 12.2. The van der Waals surface area contributed by atoms with Crippen molar-refractivity contribution in [2.75, 3.05) is 61.2 Å². The first-order valence-electron chi connectivity index (χ1n) is 16.3. The Bertz CT molecular complexity index is 1500. The van der Waals surface area contributed by atoms with Crippen molar-refractivity contribution in [3.63, 3.8) is 0 Å². The predicted octanol–water partition coefficient (Wildman–Crippen LogP) is 4.93. The normalized spacial score (nSPS) is 18.6. The highest BCUT2D eigenvalue weighted by atomic mass is 16.5. The van der Waals surface area contributed by atoms with Gasteiger partial charge in [-0.1, -0.05) is 12.1 Å². The highest BCUT2D eigenvalue weighted by Gasteiger charge is 2.40. The SMILES string of the molecule is C=CCN(C=O)N(c1cccc(C(C)(C)O)n1)c1nc(Nc2ccc(N3CCC4(CC3)CCN(C3COC3)CC4)cc2)ncc1C. The monoisotopic (exact) mass is 626 g/mol. The maximum atomic E-state index is 12.2. The molecule has 3 saturated heterocycles. The molecule has 3 aliphatic rings. The number of pyridine rings is 1. The Morgan fingerprint density at radius 2 is 1.76 bits per heavy atom. The number of nitrogens with zero attached hydrogens (tertiary/aromatic N) is 7. The third-order valence-corrected chi connectivity index (χ3v) is 9.73. The fraction of sp³-hybridized carbons (Fsp3) is 0.486. The van der Waals surface area contributed by atoms with Crippen molar-refractivity contribution >= 4 is 35.4 Å². The van der Waals surface area contributed by atoms with Crippen LogP contribution in [-0.2, 0) is 15.1 Å². The Hall–Kier alpha value is -4.06. The smallest absolute Gasteiger partial charge is 0.229 e. The lowest BCUT2D eigenvalue weighted by atomic mass is 9.71. The molecule has 0 aliphatic carbocycles. The van der Waals surface area contributed by atoms with Gasteiger partial charge in [0.25, 0.3) is 0 Å². The molecule has 6 rings (SSSR count). The molecule has 46 heavy (non-hydrogen) atoms. The number of hydrazine groups is 1. The van der Waals surface area contributed by atoms with Crippen molar-refractivity contribution in [1.29, 1.82) is 0 Å². The highest BCUT2D eigenvalue weighted by molar-refractivity contribution is 5.67. The molecule has 3 aliphatic heterocycles. The van der Waals surface area contributed by atoms with Gasteiger partial charge in [0, 0.05) is 36.2 Å². The topological polar surface area (TPSA) is 110 Å². The quantitative estimate of drug-likeness (QED) is 0.173. The molecule has 2 N–H and O–H groups in total. The number of amides is 1. The van der Waals surface area contributed by atoms with Gasteiger partial charge in [-0.3, -0.25) is 9.69 Å². The van der Waals surface area contributed by atoms with E-state index in [1.165, 1.54) is 49.5 Å². The van der Waals surface area contributed by atoms with Crippen LogP contribution >= 0.6 is 0 Å². The maximum Gasteiger partial charge on any atom is 0.229 e. The second-order valence-corrected chi connectivity index (χ2v) is 13.4. The molecule has 11 nitrogen and oxygen atoms in total. The lowest BCUT2D eigenvalue weighted by molar-refractivity contribution is -0.117. The van der Waals surface area contributed by atoms with E-state index in [1.54, 1.807) is 49.3 Å². The van der Waals surface area contributed by atoms with Crippen LogP contribution in [-0.4, -0.2) is 88.4 Å². The van der Waals surface area contributed by atoms with E-state index in [2.05, 4.69) is 55.9 Å². The van der Waals surface area contributed by atoms with E-state index in [1.807, 2.05) is 6.92 Å². The number of aromatic nitrogens is 3. The van der Waals surface area contributed by atoms with Gasteiger partial charge < -0.3 is 20.1 Å². The summed E-state index contributed by atoms with van der Waals surface area (Å²) < 4.78 is 5.41. The number of likely N-dealkylation sites (tertiary alicyclic amines) is 1. The first-order chi connectivity index (χ1) is 22.2. The van der Waals surface area contributed by atoms with Gasteiger partial charge in [-0.25, -0.2) is 20.0 Å². The molecular formula is C35H46N8O3. The Balaban J connectivity index is 1.14. The summed E-state index contributed by atoms with van der Waals surface area (Å²) in [5, 5.41) is 17.0. The molecule has 3 fully saturated rings. The zero-order chi connectivity index (χ0) is 32.3. The Labute approximate surface area is 271 Å². The predicted molar refractivity (Wildman–Crippen MR) is 180 cm³/mol. The minimum Gasteiger partial charge on any atom is -0.384 e. The molecule has 1 aromatic carbocycles. The molecule has 0 bridgehead atoms.